The fraction of sp³-hybridized carbons (Fsp3) is 0.600. The molecule has 1 rings (SSSR count). The first-order valence-electron chi connectivity index (χ1n) is 7.03. The lowest BCUT2D eigenvalue weighted by molar-refractivity contribution is 0.296. The van der Waals surface area contributed by atoms with Crippen LogP contribution in [0.15, 0.2) is 24.3 Å². The van der Waals surface area contributed by atoms with Gasteiger partial charge in [-0.15, -0.1) is 0 Å². The summed E-state index contributed by atoms with van der Waals surface area (Å²) in [7, 11) is 0. The number of nitrogens with two attached hydrogens (primary N) is 1. The Labute approximate surface area is 111 Å². The number of benzene rings is 1. The van der Waals surface area contributed by atoms with Gasteiger partial charge in [0.25, 0.3) is 0 Å². The Morgan fingerprint density at radius 1 is 1.17 bits per heavy atom. The van der Waals surface area contributed by atoms with Gasteiger partial charge in [0.2, 0.25) is 0 Å². The second-order valence-electron chi connectivity index (χ2n) is 4.66. The number of hydrogen-bond acceptors (Lipinski definition) is 3. The number of rotatable bonds is 9. The van der Waals surface area contributed by atoms with E-state index >= 15 is 0 Å². The molecule has 0 aliphatic heterocycles. The van der Waals surface area contributed by atoms with Crippen LogP contribution >= 0.6 is 0 Å². The van der Waals surface area contributed by atoms with Crippen molar-refractivity contribution >= 4 is 5.69 Å². The minimum Gasteiger partial charge on any atom is -0.399 e. The van der Waals surface area contributed by atoms with Crippen molar-refractivity contribution in [1.29, 1.82) is 0 Å². The molecular weight excluding hydrogens is 222 g/mol. The van der Waals surface area contributed by atoms with Crippen molar-refractivity contribution in [3.05, 3.63) is 29.8 Å². The van der Waals surface area contributed by atoms with Crippen LogP contribution in [0.4, 0.5) is 5.69 Å². The first-order valence-corrected chi connectivity index (χ1v) is 7.03. The van der Waals surface area contributed by atoms with Gasteiger partial charge in [0.1, 0.15) is 0 Å². The average molecular weight is 249 g/mol. The van der Waals surface area contributed by atoms with Crippen LogP contribution in [0.2, 0.25) is 0 Å². The lowest BCUT2D eigenvalue weighted by Gasteiger charge is -2.17. The second-order valence-corrected chi connectivity index (χ2v) is 4.66. The predicted octanol–water partition coefficient (Wildman–Crippen LogP) is 2.48. The van der Waals surface area contributed by atoms with E-state index in [0.29, 0.717) is 0 Å². The molecule has 18 heavy (non-hydrogen) atoms. The molecule has 0 saturated carbocycles. The third-order valence-corrected chi connectivity index (χ3v) is 3.25. The Balaban J connectivity index is 2.05. The maximum atomic E-state index is 5.74. The van der Waals surface area contributed by atoms with Crippen LogP contribution < -0.4 is 11.1 Å². The Kier molecular flexibility index (Phi) is 7.46. The van der Waals surface area contributed by atoms with Crippen molar-refractivity contribution in [2.75, 3.05) is 31.9 Å². The SMILES string of the molecule is CCN(CC)CCCCNCc1cccc(N)c1. The highest BCUT2D eigenvalue weighted by Crippen LogP contribution is 2.05. The Bertz CT molecular complexity index is 321. The standard InChI is InChI=1S/C15H27N3/c1-3-18(4-2)11-6-5-10-17-13-14-8-7-9-15(16)12-14/h7-9,12,17H,3-6,10-11,13,16H2,1-2H3. The minimum atomic E-state index is 0.843. The fourth-order valence-corrected chi connectivity index (χ4v) is 2.06. The molecule has 0 unspecified atom stereocenters. The van der Waals surface area contributed by atoms with E-state index in [1.807, 2.05) is 18.2 Å². The maximum absolute atomic E-state index is 5.74. The average Bonchev–Trinajstić information content (AvgIpc) is 2.38. The number of nitrogens with zero attached hydrogens (tertiary/aromatic N) is 1. The van der Waals surface area contributed by atoms with Gasteiger partial charge in [-0.05, 0) is 56.7 Å². The summed E-state index contributed by atoms with van der Waals surface area (Å²) in [6, 6.07) is 8.07. The van der Waals surface area contributed by atoms with Gasteiger partial charge in [-0.1, -0.05) is 26.0 Å². The maximum Gasteiger partial charge on any atom is 0.0317 e. The van der Waals surface area contributed by atoms with E-state index in [1.165, 1.54) is 24.9 Å². The molecule has 0 bridgehead atoms. The van der Waals surface area contributed by atoms with E-state index in [9.17, 15) is 0 Å². The van der Waals surface area contributed by atoms with Gasteiger partial charge in [0.15, 0.2) is 0 Å². The zero-order chi connectivity index (χ0) is 13.2. The molecule has 0 heterocycles. The zero-order valence-electron chi connectivity index (χ0n) is 11.8. The third kappa shape index (κ3) is 6.03. The molecule has 0 aliphatic rings. The number of nitrogen functional groups attached to an aromatic ring is 1. The number of unbranched alkanes of at least 4 members (excludes halogenated alkanes) is 1. The summed E-state index contributed by atoms with van der Waals surface area (Å²) in [6.07, 6.45) is 2.50. The van der Waals surface area contributed by atoms with Crippen LogP contribution in [-0.4, -0.2) is 31.1 Å². The summed E-state index contributed by atoms with van der Waals surface area (Å²) in [6.45, 7) is 9.98. The predicted molar refractivity (Wildman–Crippen MR) is 79.6 cm³/mol. The molecule has 0 aliphatic carbocycles. The molecule has 3 heteroatoms. The molecule has 0 fully saturated rings. The molecule has 0 spiro atoms. The summed E-state index contributed by atoms with van der Waals surface area (Å²) in [5, 5.41) is 3.46. The summed E-state index contributed by atoms with van der Waals surface area (Å²) in [5.74, 6) is 0. The molecule has 1 aromatic carbocycles. The minimum absolute atomic E-state index is 0.843. The Morgan fingerprint density at radius 3 is 2.61 bits per heavy atom. The molecule has 0 atom stereocenters. The van der Waals surface area contributed by atoms with Crippen LogP contribution in [0.1, 0.15) is 32.3 Å². The number of hydrogen-bond donors (Lipinski definition) is 2. The van der Waals surface area contributed by atoms with Crippen LogP contribution in [0.3, 0.4) is 0 Å². The van der Waals surface area contributed by atoms with Crippen LogP contribution in [0.25, 0.3) is 0 Å². The molecular formula is C15H27N3. The van der Waals surface area contributed by atoms with Gasteiger partial charge >= 0.3 is 0 Å². The summed E-state index contributed by atoms with van der Waals surface area (Å²) < 4.78 is 0. The molecule has 0 saturated heterocycles. The van der Waals surface area contributed by atoms with Crippen molar-refractivity contribution in [1.82, 2.24) is 10.2 Å². The molecule has 3 N–H and O–H groups in total. The second kappa shape index (κ2) is 8.95. The molecule has 0 radical (unpaired) electrons. The highest BCUT2D eigenvalue weighted by atomic mass is 15.1. The van der Waals surface area contributed by atoms with E-state index < -0.39 is 0 Å². The van der Waals surface area contributed by atoms with Crippen molar-refractivity contribution in [3.63, 3.8) is 0 Å². The highest BCUT2D eigenvalue weighted by Gasteiger charge is 1.98. The van der Waals surface area contributed by atoms with Gasteiger partial charge in [0.05, 0.1) is 0 Å². The monoisotopic (exact) mass is 249 g/mol. The Morgan fingerprint density at radius 2 is 1.94 bits per heavy atom. The molecule has 0 aromatic heterocycles. The van der Waals surface area contributed by atoms with Gasteiger partial charge < -0.3 is 16.0 Å². The normalized spacial score (nSPS) is 11.1. The van der Waals surface area contributed by atoms with E-state index in [1.54, 1.807) is 0 Å². The quantitative estimate of drug-likeness (QED) is 0.522. The topological polar surface area (TPSA) is 41.3 Å². The zero-order valence-corrected chi connectivity index (χ0v) is 11.8. The number of anilines is 1. The van der Waals surface area contributed by atoms with E-state index in [2.05, 4.69) is 30.1 Å². The van der Waals surface area contributed by atoms with E-state index in [0.717, 1.165) is 31.9 Å². The summed E-state index contributed by atoms with van der Waals surface area (Å²) in [5.41, 5.74) is 7.85. The molecule has 102 valence electrons. The van der Waals surface area contributed by atoms with Gasteiger partial charge in [-0.2, -0.15) is 0 Å². The van der Waals surface area contributed by atoms with Crippen LogP contribution in [0, 0.1) is 0 Å². The third-order valence-electron chi connectivity index (χ3n) is 3.25. The van der Waals surface area contributed by atoms with Crippen LogP contribution in [0.5, 0.6) is 0 Å². The molecule has 0 amide bonds. The fourth-order valence-electron chi connectivity index (χ4n) is 2.06. The summed E-state index contributed by atoms with van der Waals surface area (Å²) >= 11 is 0. The largest absolute Gasteiger partial charge is 0.399 e. The van der Waals surface area contributed by atoms with Gasteiger partial charge in [-0.25, -0.2) is 0 Å². The van der Waals surface area contributed by atoms with Gasteiger partial charge in [-0.3, -0.25) is 0 Å². The molecule has 1 aromatic rings. The van der Waals surface area contributed by atoms with E-state index in [4.69, 9.17) is 5.73 Å². The Hall–Kier alpha value is -1.06. The van der Waals surface area contributed by atoms with Crippen molar-refractivity contribution in [2.45, 2.75) is 33.2 Å². The molecule has 3 nitrogen and oxygen atoms in total. The van der Waals surface area contributed by atoms with E-state index in [-0.39, 0.29) is 0 Å². The van der Waals surface area contributed by atoms with Crippen molar-refractivity contribution in [3.8, 4) is 0 Å². The lowest BCUT2D eigenvalue weighted by Crippen LogP contribution is -2.25. The first-order chi connectivity index (χ1) is 8.76. The number of nitrogens with one attached hydrogen (secondary N) is 1. The smallest absolute Gasteiger partial charge is 0.0317 e. The van der Waals surface area contributed by atoms with Gasteiger partial charge in [0, 0.05) is 12.2 Å². The lowest BCUT2D eigenvalue weighted by atomic mass is 10.2. The van der Waals surface area contributed by atoms with Crippen molar-refractivity contribution in [2.24, 2.45) is 0 Å². The van der Waals surface area contributed by atoms with Crippen molar-refractivity contribution < 1.29 is 0 Å². The first kappa shape index (κ1) is 15.0. The highest BCUT2D eigenvalue weighted by molar-refractivity contribution is 5.40. The summed E-state index contributed by atoms with van der Waals surface area (Å²) in [4.78, 5) is 2.47. The van der Waals surface area contributed by atoms with Crippen LogP contribution in [-0.2, 0) is 6.54 Å².